The largest absolute Gasteiger partial charge is 0.361 e. The molecule has 0 unspecified atom stereocenters. The number of amides is 1. The number of aryl methyl sites for hydroxylation is 2. The second-order valence-corrected chi connectivity index (χ2v) is 6.54. The number of nitrogens with one attached hydrogen (secondary N) is 2. The highest BCUT2D eigenvalue weighted by Gasteiger charge is 2.49. The van der Waals surface area contributed by atoms with Crippen LogP contribution in [0.25, 0.3) is 0 Å². The van der Waals surface area contributed by atoms with E-state index in [1.807, 2.05) is 13.8 Å². The zero-order chi connectivity index (χ0) is 14.9. The zero-order valence-corrected chi connectivity index (χ0v) is 14.2. The SMILES string of the molecule is Cc1noc(C)c1CCNC(=O)[C@@]12CCCC[C@H]1CNC2.Cl. The van der Waals surface area contributed by atoms with Gasteiger partial charge >= 0.3 is 0 Å². The van der Waals surface area contributed by atoms with E-state index < -0.39 is 0 Å². The number of fused-ring (bicyclic) bond motifs is 1. The molecule has 1 saturated carbocycles. The first-order valence-electron chi connectivity index (χ1n) is 8.04. The molecule has 0 spiro atoms. The van der Waals surface area contributed by atoms with E-state index in [2.05, 4.69) is 15.8 Å². The fraction of sp³-hybridized carbons (Fsp3) is 0.750. The Kier molecular flexibility index (Phi) is 5.50. The van der Waals surface area contributed by atoms with E-state index in [1.165, 1.54) is 19.3 Å². The Hall–Kier alpha value is -1.07. The lowest BCUT2D eigenvalue weighted by molar-refractivity contribution is -0.133. The maximum absolute atomic E-state index is 12.7. The fourth-order valence-corrected chi connectivity index (χ4v) is 4.03. The van der Waals surface area contributed by atoms with Crippen LogP contribution in [0.4, 0.5) is 0 Å². The molecule has 1 amide bonds. The summed E-state index contributed by atoms with van der Waals surface area (Å²) in [5.74, 6) is 1.62. The molecule has 124 valence electrons. The van der Waals surface area contributed by atoms with Crippen molar-refractivity contribution in [3.8, 4) is 0 Å². The van der Waals surface area contributed by atoms with Gasteiger partial charge in [0.2, 0.25) is 5.91 Å². The summed E-state index contributed by atoms with van der Waals surface area (Å²) in [6, 6.07) is 0. The van der Waals surface area contributed by atoms with Crippen LogP contribution >= 0.6 is 12.4 Å². The maximum atomic E-state index is 12.7. The van der Waals surface area contributed by atoms with Gasteiger partial charge in [-0.1, -0.05) is 18.0 Å². The number of nitrogens with zero attached hydrogens (tertiary/aromatic N) is 1. The van der Waals surface area contributed by atoms with Crippen LogP contribution in [0.15, 0.2) is 4.52 Å². The average molecular weight is 328 g/mol. The molecule has 2 fully saturated rings. The van der Waals surface area contributed by atoms with Crippen molar-refractivity contribution in [2.75, 3.05) is 19.6 Å². The van der Waals surface area contributed by atoms with Gasteiger partial charge in [-0.2, -0.15) is 0 Å². The van der Waals surface area contributed by atoms with Crippen LogP contribution in [-0.4, -0.2) is 30.7 Å². The first-order valence-corrected chi connectivity index (χ1v) is 8.04. The molecule has 2 N–H and O–H groups in total. The van der Waals surface area contributed by atoms with Crippen molar-refractivity contribution < 1.29 is 9.32 Å². The second kappa shape index (κ2) is 7.01. The zero-order valence-electron chi connectivity index (χ0n) is 13.4. The van der Waals surface area contributed by atoms with Gasteiger partial charge in [-0.15, -0.1) is 12.4 Å². The fourth-order valence-electron chi connectivity index (χ4n) is 4.03. The summed E-state index contributed by atoms with van der Waals surface area (Å²) in [6.07, 6.45) is 5.45. The Morgan fingerprint density at radius 2 is 2.27 bits per heavy atom. The van der Waals surface area contributed by atoms with Crippen LogP contribution < -0.4 is 10.6 Å². The number of aromatic nitrogens is 1. The second-order valence-electron chi connectivity index (χ2n) is 6.54. The minimum atomic E-state index is -0.156. The van der Waals surface area contributed by atoms with E-state index in [1.54, 1.807) is 0 Å². The van der Waals surface area contributed by atoms with Crippen molar-refractivity contribution in [3.05, 3.63) is 17.0 Å². The number of hydrogen-bond donors (Lipinski definition) is 2. The molecule has 1 saturated heterocycles. The normalized spacial score (nSPS) is 27.1. The molecule has 1 aromatic rings. The van der Waals surface area contributed by atoms with Crippen LogP contribution in [0, 0.1) is 25.2 Å². The molecule has 1 aliphatic heterocycles. The third kappa shape index (κ3) is 3.01. The minimum Gasteiger partial charge on any atom is -0.361 e. The number of carbonyl (C=O) groups is 1. The summed E-state index contributed by atoms with van der Waals surface area (Å²) in [4.78, 5) is 12.7. The highest BCUT2D eigenvalue weighted by atomic mass is 35.5. The first kappa shape index (κ1) is 17.3. The molecule has 2 heterocycles. The summed E-state index contributed by atoms with van der Waals surface area (Å²) >= 11 is 0. The van der Waals surface area contributed by atoms with E-state index in [0.29, 0.717) is 12.5 Å². The van der Waals surface area contributed by atoms with E-state index >= 15 is 0 Å². The van der Waals surface area contributed by atoms with E-state index in [-0.39, 0.29) is 23.7 Å². The monoisotopic (exact) mass is 327 g/mol. The van der Waals surface area contributed by atoms with Gasteiger partial charge in [0.15, 0.2) is 0 Å². The molecule has 6 heteroatoms. The highest BCUT2D eigenvalue weighted by molar-refractivity contribution is 5.85. The van der Waals surface area contributed by atoms with Crippen molar-refractivity contribution in [2.45, 2.75) is 46.0 Å². The maximum Gasteiger partial charge on any atom is 0.227 e. The third-order valence-electron chi connectivity index (χ3n) is 5.33. The van der Waals surface area contributed by atoms with Crippen molar-refractivity contribution in [2.24, 2.45) is 11.3 Å². The van der Waals surface area contributed by atoms with Crippen LogP contribution in [-0.2, 0) is 11.2 Å². The Balaban J connectivity index is 0.00000176. The number of rotatable bonds is 4. The molecule has 1 aliphatic carbocycles. The van der Waals surface area contributed by atoms with Crippen molar-refractivity contribution in [1.29, 1.82) is 0 Å². The Bertz CT molecular complexity index is 512. The predicted octanol–water partition coefficient (Wildman–Crippen LogP) is 2.15. The van der Waals surface area contributed by atoms with Gasteiger partial charge in [-0.05, 0) is 45.6 Å². The average Bonchev–Trinajstić information content (AvgIpc) is 3.05. The van der Waals surface area contributed by atoms with Crippen LogP contribution in [0.2, 0.25) is 0 Å². The predicted molar refractivity (Wildman–Crippen MR) is 87.2 cm³/mol. The number of halogens is 1. The van der Waals surface area contributed by atoms with E-state index in [4.69, 9.17) is 4.52 Å². The van der Waals surface area contributed by atoms with Crippen molar-refractivity contribution >= 4 is 18.3 Å². The van der Waals surface area contributed by atoms with Gasteiger partial charge in [-0.25, -0.2) is 0 Å². The molecule has 2 aliphatic rings. The molecule has 0 bridgehead atoms. The quantitative estimate of drug-likeness (QED) is 0.889. The minimum absolute atomic E-state index is 0. The molecular formula is C16H26ClN3O2. The summed E-state index contributed by atoms with van der Waals surface area (Å²) in [5.41, 5.74) is 1.90. The Morgan fingerprint density at radius 1 is 1.45 bits per heavy atom. The highest BCUT2D eigenvalue weighted by Crippen LogP contribution is 2.43. The van der Waals surface area contributed by atoms with Gasteiger partial charge in [0.1, 0.15) is 5.76 Å². The van der Waals surface area contributed by atoms with Crippen LogP contribution in [0.1, 0.15) is 42.7 Å². The standard InChI is InChI=1S/C16H25N3O2.ClH/c1-11-14(12(2)21-19-11)6-8-18-15(20)16-7-4-3-5-13(16)9-17-10-16;/h13,17H,3-10H2,1-2H3,(H,18,20);1H/t13-,16+;/m0./s1. The molecule has 0 radical (unpaired) electrons. The summed E-state index contributed by atoms with van der Waals surface area (Å²) in [5, 5.41) is 10.5. The van der Waals surface area contributed by atoms with Gasteiger partial charge < -0.3 is 15.2 Å². The van der Waals surface area contributed by atoms with Gasteiger partial charge in [0.25, 0.3) is 0 Å². The lowest BCUT2D eigenvalue weighted by atomic mass is 9.67. The smallest absolute Gasteiger partial charge is 0.227 e. The number of hydrogen-bond acceptors (Lipinski definition) is 4. The van der Waals surface area contributed by atoms with Crippen molar-refractivity contribution in [1.82, 2.24) is 15.8 Å². The Morgan fingerprint density at radius 3 is 3.00 bits per heavy atom. The number of carbonyl (C=O) groups excluding carboxylic acids is 1. The van der Waals surface area contributed by atoms with Gasteiger partial charge in [-0.3, -0.25) is 4.79 Å². The van der Waals surface area contributed by atoms with E-state index in [9.17, 15) is 4.79 Å². The topological polar surface area (TPSA) is 67.2 Å². The molecule has 2 atom stereocenters. The van der Waals surface area contributed by atoms with E-state index in [0.717, 1.165) is 42.9 Å². The summed E-state index contributed by atoms with van der Waals surface area (Å²) in [6.45, 7) is 6.38. The molecule has 0 aromatic carbocycles. The van der Waals surface area contributed by atoms with Gasteiger partial charge in [0, 0.05) is 18.7 Å². The van der Waals surface area contributed by atoms with Crippen molar-refractivity contribution in [3.63, 3.8) is 0 Å². The summed E-state index contributed by atoms with van der Waals surface area (Å²) < 4.78 is 5.16. The lowest BCUT2D eigenvalue weighted by Crippen LogP contribution is -2.48. The molecule has 1 aromatic heterocycles. The Labute approximate surface area is 138 Å². The third-order valence-corrected chi connectivity index (χ3v) is 5.33. The first-order chi connectivity index (χ1) is 10.1. The molecule has 5 nitrogen and oxygen atoms in total. The molecule has 3 rings (SSSR count). The van der Waals surface area contributed by atoms with Crippen LogP contribution in [0.3, 0.4) is 0 Å². The van der Waals surface area contributed by atoms with Gasteiger partial charge in [0.05, 0.1) is 11.1 Å². The van der Waals surface area contributed by atoms with Crippen LogP contribution in [0.5, 0.6) is 0 Å². The molecule has 22 heavy (non-hydrogen) atoms. The summed E-state index contributed by atoms with van der Waals surface area (Å²) in [7, 11) is 0. The lowest BCUT2D eigenvalue weighted by Gasteiger charge is -2.37. The molecular weight excluding hydrogens is 302 g/mol.